The van der Waals surface area contributed by atoms with Gasteiger partial charge in [0.1, 0.15) is 0 Å². The second-order valence-electron chi connectivity index (χ2n) is 12.1. The van der Waals surface area contributed by atoms with Crippen LogP contribution in [0.1, 0.15) is 5.56 Å². The Labute approximate surface area is 274 Å². The number of nitriles is 1. The molecule has 0 aliphatic carbocycles. The zero-order valence-electron chi connectivity index (χ0n) is 25.2. The fourth-order valence-corrected chi connectivity index (χ4v) is 8.68. The third-order valence-corrected chi connectivity index (χ3v) is 10.8. The molecule has 0 unspecified atom stereocenters. The normalized spacial score (nSPS) is 11.8. The molecule has 218 valence electrons. The molecule has 47 heavy (non-hydrogen) atoms. The molecule has 3 heterocycles. The number of para-hydroxylation sites is 2. The van der Waals surface area contributed by atoms with Crippen molar-refractivity contribution in [2.45, 2.75) is 0 Å². The highest BCUT2D eigenvalue weighted by Crippen LogP contribution is 2.42. The molecule has 7 aromatic carbocycles. The van der Waals surface area contributed by atoms with Crippen molar-refractivity contribution in [3.05, 3.63) is 157 Å². The first-order valence-electron chi connectivity index (χ1n) is 15.7. The van der Waals surface area contributed by atoms with Gasteiger partial charge in [0.25, 0.3) is 0 Å². The van der Waals surface area contributed by atoms with E-state index in [-0.39, 0.29) is 0 Å². The van der Waals surface area contributed by atoms with E-state index in [9.17, 15) is 5.26 Å². The summed E-state index contributed by atoms with van der Waals surface area (Å²) in [5.74, 6) is 0. The monoisotopic (exact) mass is 615 g/mol. The summed E-state index contributed by atoms with van der Waals surface area (Å²) in [6.45, 7) is 0. The molecule has 0 spiro atoms. The molecule has 0 N–H and O–H groups in total. The van der Waals surface area contributed by atoms with E-state index >= 15 is 0 Å². The second kappa shape index (κ2) is 9.92. The summed E-state index contributed by atoms with van der Waals surface area (Å²) in [6.07, 6.45) is 0. The van der Waals surface area contributed by atoms with Gasteiger partial charge in [0.15, 0.2) is 0 Å². The van der Waals surface area contributed by atoms with Crippen LogP contribution in [0.5, 0.6) is 0 Å². The summed E-state index contributed by atoms with van der Waals surface area (Å²) in [5.41, 5.74) is 9.85. The molecule has 4 heteroatoms. The van der Waals surface area contributed by atoms with Gasteiger partial charge in [-0.2, -0.15) is 5.26 Å². The van der Waals surface area contributed by atoms with Crippen molar-refractivity contribution >= 4 is 75.1 Å². The first kappa shape index (κ1) is 26.1. The van der Waals surface area contributed by atoms with E-state index < -0.39 is 0 Å². The standard InChI is InChI=1S/C43H25N3S/c44-26-27-17-22-33-37-25-40-36(24-41(37)46(39(33)23-27)29-9-2-1-3-10-29)32-11-4-6-15-38(32)45(40)30-20-18-28(19-21-30)31-13-8-14-35-34-12-5-7-16-42(34)47-43(31)35/h1-25H. The smallest absolute Gasteiger partial charge is 0.0992 e. The zero-order valence-corrected chi connectivity index (χ0v) is 26.0. The maximum Gasteiger partial charge on any atom is 0.0992 e. The molecular weight excluding hydrogens is 591 g/mol. The number of benzene rings is 7. The highest BCUT2D eigenvalue weighted by molar-refractivity contribution is 7.26. The van der Waals surface area contributed by atoms with Gasteiger partial charge < -0.3 is 9.13 Å². The highest BCUT2D eigenvalue weighted by atomic mass is 32.1. The van der Waals surface area contributed by atoms with Crippen molar-refractivity contribution in [1.82, 2.24) is 9.13 Å². The Bertz CT molecular complexity index is 2900. The van der Waals surface area contributed by atoms with Crippen LogP contribution in [0.2, 0.25) is 0 Å². The number of hydrogen-bond acceptors (Lipinski definition) is 2. The average Bonchev–Trinajstić information content (AvgIpc) is 3.78. The van der Waals surface area contributed by atoms with E-state index in [0.29, 0.717) is 5.56 Å². The Hall–Kier alpha value is -6.15. The first-order valence-corrected chi connectivity index (χ1v) is 16.6. The maximum atomic E-state index is 9.75. The molecule has 0 aliphatic heterocycles. The summed E-state index contributed by atoms with van der Waals surface area (Å²) in [6, 6.07) is 56.5. The van der Waals surface area contributed by atoms with E-state index in [1.54, 1.807) is 0 Å². The van der Waals surface area contributed by atoms with E-state index in [2.05, 4.69) is 149 Å². The quantitative estimate of drug-likeness (QED) is 0.195. The summed E-state index contributed by atoms with van der Waals surface area (Å²) in [7, 11) is 0. The van der Waals surface area contributed by atoms with Crippen LogP contribution >= 0.6 is 11.3 Å². The Morgan fingerprint density at radius 3 is 1.85 bits per heavy atom. The number of aromatic nitrogens is 2. The van der Waals surface area contributed by atoms with Gasteiger partial charge in [0.2, 0.25) is 0 Å². The van der Waals surface area contributed by atoms with Crippen molar-refractivity contribution in [1.29, 1.82) is 5.26 Å². The molecule has 0 aliphatic rings. The summed E-state index contributed by atoms with van der Waals surface area (Å²) >= 11 is 1.87. The number of nitrogens with zero attached hydrogens (tertiary/aromatic N) is 3. The molecule has 0 fully saturated rings. The Morgan fingerprint density at radius 1 is 0.447 bits per heavy atom. The predicted molar refractivity (Wildman–Crippen MR) is 198 cm³/mol. The summed E-state index contributed by atoms with van der Waals surface area (Å²) < 4.78 is 7.33. The van der Waals surface area contributed by atoms with Gasteiger partial charge in [-0.3, -0.25) is 0 Å². The van der Waals surface area contributed by atoms with Crippen molar-refractivity contribution in [3.8, 4) is 28.6 Å². The Balaban J connectivity index is 1.21. The van der Waals surface area contributed by atoms with Gasteiger partial charge in [-0.1, -0.05) is 91.0 Å². The van der Waals surface area contributed by atoms with Crippen molar-refractivity contribution in [2.24, 2.45) is 0 Å². The predicted octanol–water partition coefficient (Wildman–Crippen LogP) is 11.8. The molecule has 0 atom stereocenters. The number of fused-ring (bicyclic) bond motifs is 9. The van der Waals surface area contributed by atoms with Crippen molar-refractivity contribution in [2.75, 3.05) is 0 Å². The highest BCUT2D eigenvalue weighted by Gasteiger charge is 2.19. The minimum atomic E-state index is 0.656. The van der Waals surface area contributed by atoms with Crippen LogP contribution < -0.4 is 0 Å². The van der Waals surface area contributed by atoms with E-state index in [4.69, 9.17) is 0 Å². The van der Waals surface area contributed by atoms with Gasteiger partial charge in [-0.25, -0.2) is 0 Å². The molecule has 0 saturated carbocycles. The molecular formula is C43H25N3S. The molecule has 0 amide bonds. The third kappa shape index (κ3) is 3.78. The van der Waals surface area contributed by atoms with E-state index in [1.807, 2.05) is 29.5 Å². The van der Waals surface area contributed by atoms with Crippen LogP contribution in [0.25, 0.3) is 86.3 Å². The number of thiophene rings is 1. The van der Waals surface area contributed by atoms with Crippen LogP contribution in [0.4, 0.5) is 0 Å². The van der Waals surface area contributed by atoms with Crippen LogP contribution in [0, 0.1) is 11.3 Å². The molecule has 3 nitrogen and oxygen atoms in total. The fourth-order valence-electron chi connectivity index (χ4n) is 7.45. The maximum absolute atomic E-state index is 9.75. The lowest BCUT2D eigenvalue weighted by molar-refractivity contribution is 1.17. The number of hydrogen-bond donors (Lipinski definition) is 0. The lowest BCUT2D eigenvalue weighted by atomic mass is 10.0. The van der Waals surface area contributed by atoms with E-state index in [1.165, 1.54) is 47.6 Å². The Morgan fingerprint density at radius 2 is 1.06 bits per heavy atom. The van der Waals surface area contributed by atoms with Crippen LogP contribution in [0.3, 0.4) is 0 Å². The first-order chi connectivity index (χ1) is 23.3. The average molecular weight is 616 g/mol. The summed E-state index contributed by atoms with van der Waals surface area (Å²) in [5, 5.41) is 17.1. The van der Waals surface area contributed by atoms with Gasteiger partial charge in [0.05, 0.1) is 33.7 Å². The molecule has 3 aromatic heterocycles. The third-order valence-electron chi connectivity index (χ3n) is 9.54. The van der Waals surface area contributed by atoms with Gasteiger partial charge >= 0.3 is 0 Å². The molecule has 10 aromatic rings. The topological polar surface area (TPSA) is 33.6 Å². The van der Waals surface area contributed by atoms with Crippen LogP contribution in [-0.4, -0.2) is 9.13 Å². The minimum Gasteiger partial charge on any atom is -0.309 e. The van der Waals surface area contributed by atoms with Crippen LogP contribution in [-0.2, 0) is 0 Å². The Kier molecular flexibility index (Phi) is 5.51. The number of rotatable bonds is 3. The minimum absolute atomic E-state index is 0.656. The van der Waals surface area contributed by atoms with Gasteiger partial charge in [0, 0.05) is 53.1 Å². The summed E-state index contributed by atoms with van der Waals surface area (Å²) in [4.78, 5) is 0. The fraction of sp³-hybridized carbons (Fsp3) is 0. The van der Waals surface area contributed by atoms with Crippen molar-refractivity contribution < 1.29 is 0 Å². The lowest BCUT2D eigenvalue weighted by Crippen LogP contribution is -1.95. The molecule has 0 bridgehead atoms. The zero-order chi connectivity index (χ0) is 31.1. The second-order valence-corrected chi connectivity index (χ2v) is 13.1. The molecule has 0 radical (unpaired) electrons. The molecule has 10 rings (SSSR count). The van der Waals surface area contributed by atoms with Gasteiger partial charge in [-0.05, 0) is 71.8 Å². The lowest BCUT2D eigenvalue weighted by Gasteiger charge is -2.10. The SMILES string of the molecule is N#Cc1ccc2c3cc4c(cc3n(-c3ccccc3)c2c1)c1ccccc1n4-c1ccc(-c2cccc3c2sc2ccccc23)cc1. The largest absolute Gasteiger partial charge is 0.309 e. The van der Waals surface area contributed by atoms with Crippen LogP contribution in [0.15, 0.2) is 152 Å². The van der Waals surface area contributed by atoms with Gasteiger partial charge in [-0.15, -0.1) is 11.3 Å². The molecule has 0 saturated heterocycles. The van der Waals surface area contributed by atoms with E-state index in [0.717, 1.165) is 38.7 Å². The van der Waals surface area contributed by atoms with Crippen molar-refractivity contribution in [3.63, 3.8) is 0 Å².